The summed E-state index contributed by atoms with van der Waals surface area (Å²) in [6.07, 6.45) is 10.2. The number of hydrogen-bond acceptors (Lipinski definition) is 4. The van der Waals surface area contributed by atoms with Crippen molar-refractivity contribution in [2.45, 2.75) is 118 Å². The second kappa shape index (κ2) is 16.9. The molecule has 0 fully saturated rings. The molecule has 0 aliphatic heterocycles. The van der Waals surface area contributed by atoms with Gasteiger partial charge in [0.15, 0.2) is 0 Å². The summed E-state index contributed by atoms with van der Waals surface area (Å²) in [6.45, 7) is 13.2. The quantitative estimate of drug-likeness (QED) is 0.202. The maximum absolute atomic E-state index is 12.1. The zero-order chi connectivity index (χ0) is 21.4. The van der Waals surface area contributed by atoms with Gasteiger partial charge in [-0.25, -0.2) is 0 Å². The van der Waals surface area contributed by atoms with Crippen molar-refractivity contribution in [3.05, 3.63) is 0 Å². The Kier molecular flexibility index (Phi) is 16.2. The number of carbonyl (C=O) groups excluding carboxylic acids is 2. The van der Waals surface area contributed by atoms with Crippen molar-refractivity contribution >= 4 is 11.9 Å². The molecule has 0 radical (unpaired) electrons. The van der Waals surface area contributed by atoms with Gasteiger partial charge in [0, 0.05) is 18.8 Å². The lowest BCUT2D eigenvalue weighted by Crippen LogP contribution is -2.28. The molecule has 0 bridgehead atoms. The third kappa shape index (κ3) is 15.9. The molecule has 0 rings (SSSR count). The molecule has 2 unspecified atom stereocenters. The van der Waals surface area contributed by atoms with Gasteiger partial charge in [0.05, 0.1) is 6.61 Å². The van der Waals surface area contributed by atoms with E-state index in [2.05, 4.69) is 27.7 Å². The molecule has 0 heterocycles. The van der Waals surface area contributed by atoms with Gasteiger partial charge < -0.3 is 9.47 Å². The fourth-order valence-electron chi connectivity index (χ4n) is 3.23. The second-order valence-electron chi connectivity index (χ2n) is 9.08. The summed E-state index contributed by atoms with van der Waals surface area (Å²) >= 11 is 0. The highest BCUT2D eigenvalue weighted by Crippen LogP contribution is 2.16. The first-order valence-electron chi connectivity index (χ1n) is 11.6. The average Bonchev–Trinajstić information content (AvgIpc) is 2.63. The van der Waals surface area contributed by atoms with Gasteiger partial charge in [-0.05, 0) is 31.1 Å². The van der Waals surface area contributed by atoms with Crippen molar-refractivity contribution < 1.29 is 19.1 Å². The largest absolute Gasteiger partial charge is 0.465 e. The van der Waals surface area contributed by atoms with Crippen LogP contribution in [0.1, 0.15) is 112 Å². The third-order valence-corrected chi connectivity index (χ3v) is 5.15. The maximum atomic E-state index is 12.1. The summed E-state index contributed by atoms with van der Waals surface area (Å²) in [5.74, 6) is 1.21. The van der Waals surface area contributed by atoms with E-state index in [-0.39, 0.29) is 24.0 Å². The van der Waals surface area contributed by atoms with Gasteiger partial charge in [-0.15, -0.1) is 0 Å². The van der Waals surface area contributed by atoms with Gasteiger partial charge >= 0.3 is 11.9 Å². The number of esters is 2. The first kappa shape index (κ1) is 26.9. The van der Waals surface area contributed by atoms with Crippen molar-refractivity contribution in [3.8, 4) is 0 Å². The van der Waals surface area contributed by atoms with Crippen LogP contribution in [0.5, 0.6) is 0 Å². The standard InChI is InChI=1S/C24H46O4/c1-7-22(28-24(26)17-13-9-11-15-20(4)5)21(6)18-27-23(25)16-12-8-10-14-19(2)3/h19-22H,7-18H2,1-6H3. The first-order valence-corrected chi connectivity index (χ1v) is 11.6. The third-order valence-electron chi connectivity index (χ3n) is 5.15. The van der Waals surface area contributed by atoms with Gasteiger partial charge in [-0.2, -0.15) is 0 Å². The minimum atomic E-state index is -0.179. The topological polar surface area (TPSA) is 52.6 Å². The minimum Gasteiger partial charge on any atom is -0.465 e. The highest BCUT2D eigenvalue weighted by Gasteiger charge is 2.21. The zero-order valence-electron chi connectivity index (χ0n) is 19.4. The molecule has 0 saturated heterocycles. The van der Waals surface area contributed by atoms with Crippen LogP contribution in [0.15, 0.2) is 0 Å². The van der Waals surface area contributed by atoms with Gasteiger partial charge in [-0.3, -0.25) is 9.59 Å². The highest BCUT2D eigenvalue weighted by molar-refractivity contribution is 5.70. The average molecular weight is 399 g/mol. The summed E-state index contributed by atoms with van der Waals surface area (Å²) in [7, 11) is 0. The van der Waals surface area contributed by atoms with Crippen LogP contribution in [0.3, 0.4) is 0 Å². The summed E-state index contributed by atoms with van der Waals surface area (Å²) in [5, 5.41) is 0. The molecular weight excluding hydrogens is 352 g/mol. The van der Waals surface area contributed by atoms with Crippen LogP contribution < -0.4 is 0 Å². The summed E-state index contributed by atoms with van der Waals surface area (Å²) in [4.78, 5) is 24.0. The van der Waals surface area contributed by atoms with Crippen LogP contribution in [-0.2, 0) is 19.1 Å². The second-order valence-corrected chi connectivity index (χ2v) is 9.08. The normalized spacial score (nSPS) is 13.6. The molecule has 0 amide bonds. The van der Waals surface area contributed by atoms with Gasteiger partial charge in [0.1, 0.15) is 6.10 Å². The Morgan fingerprint density at radius 1 is 0.714 bits per heavy atom. The molecule has 0 aliphatic rings. The molecular formula is C24H46O4. The Bertz CT molecular complexity index is 403. The Morgan fingerprint density at radius 3 is 1.68 bits per heavy atom. The van der Waals surface area contributed by atoms with Crippen LogP contribution in [0.25, 0.3) is 0 Å². The predicted octanol–water partition coefficient (Wildman–Crippen LogP) is 6.70. The Morgan fingerprint density at radius 2 is 1.21 bits per heavy atom. The minimum absolute atomic E-state index is 0.0276. The van der Waals surface area contributed by atoms with Crippen molar-refractivity contribution in [1.29, 1.82) is 0 Å². The molecule has 0 aromatic carbocycles. The molecule has 4 nitrogen and oxygen atoms in total. The lowest BCUT2D eigenvalue weighted by Gasteiger charge is -2.23. The number of ether oxygens (including phenoxy) is 2. The molecule has 0 aliphatic carbocycles. The van der Waals surface area contributed by atoms with Crippen LogP contribution in [0.2, 0.25) is 0 Å². The van der Waals surface area contributed by atoms with Crippen molar-refractivity contribution in [1.82, 2.24) is 0 Å². The smallest absolute Gasteiger partial charge is 0.306 e. The molecule has 0 saturated carbocycles. The van der Waals surface area contributed by atoms with Crippen molar-refractivity contribution in [2.75, 3.05) is 6.61 Å². The number of hydrogen-bond donors (Lipinski definition) is 0. The van der Waals surface area contributed by atoms with E-state index < -0.39 is 0 Å². The van der Waals surface area contributed by atoms with E-state index in [9.17, 15) is 9.59 Å². The number of carbonyl (C=O) groups is 2. The highest BCUT2D eigenvalue weighted by atomic mass is 16.6. The Balaban J connectivity index is 3.93. The van der Waals surface area contributed by atoms with E-state index >= 15 is 0 Å². The van der Waals surface area contributed by atoms with Gasteiger partial charge in [0.2, 0.25) is 0 Å². The molecule has 4 heteroatoms. The van der Waals surface area contributed by atoms with Gasteiger partial charge in [0.25, 0.3) is 0 Å². The maximum Gasteiger partial charge on any atom is 0.306 e. The lowest BCUT2D eigenvalue weighted by molar-refractivity contribution is -0.155. The van der Waals surface area contributed by atoms with Crippen LogP contribution in [-0.4, -0.2) is 24.6 Å². The fourth-order valence-corrected chi connectivity index (χ4v) is 3.23. The van der Waals surface area contributed by atoms with E-state index in [1.54, 1.807) is 0 Å². The summed E-state index contributed by atoms with van der Waals surface area (Å²) in [6, 6.07) is 0. The monoisotopic (exact) mass is 398 g/mol. The van der Waals surface area contributed by atoms with Crippen LogP contribution in [0.4, 0.5) is 0 Å². The molecule has 166 valence electrons. The molecule has 0 spiro atoms. The van der Waals surface area contributed by atoms with Gasteiger partial charge in [-0.1, -0.05) is 80.1 Å². The molecule has 0 aromatic heterocycles. The molecule has 0 aromatic rings. The summed E-state index contributed by atoms with van der Waals surface area (Å²) in [5.41, 5.74) is 0. The van der Waals surface area contributed by atoms with E-state index in [1.807, 2.05) is 13.8 Å². The molecule has 0 N–H and O–H groups in total. The fraction of sp³-hybridized carbons (Fsp3) is 0.917. The van der Waals surface area contributed by atoms with E-state index in [1.165, 1.54) is 25.7 Å². The van der Waals surface area contributed by atoms with E-state index in [4.69, 9.17) is 9.47 Å². The SMILES string of the molecule is CCC(OC(=O)CCCCCC(C)C)C(C)COC(=O)CCCCCC(C)C. The Hall–Kier alpha value is -1.06. The van der Waals surface area contributed by atoms with E-state index in [0.29, 0.717) is 19.4 Å². The lowest BCUT2D eigenvalue weighted by atomic mass is 10.0. The Labute approximate surface area is 174 Å². The van der Waals surface area contributed by atoms with Crippen LogP contribution in [0, 0.1) is 17.8 Å². The van der Waals surface area contributed by atoms with Crippen molar-refractivity contribution in [2.24, 2.45) is 17.8 Å². The first-order chi connectivity index (χ1) is 13.3. The molecule has 2 atom stereocenters. The number of unbranched alkanes of at least 4 members (excludes halogenated alkanes) is 4. The molecule has 28 heavy (non-hydrogen) atoms. The predicted molar refractivity (Wildman–Crippen MR) is 116 cm³/mol. The zero-order valence-corrected chi connectivity index (χ0v) is 19.4. The number of rotatable bonds is 17. The van der Waals surface area contributed by atoms with Crippen LogP contribution >= 0.6 is 0 Å². The van der Waals surface area contributed by atoms with E-state index in [0.717, 1.165) is 43.9 Å². The summed E-state index contributed by atoms with van der Waals surface area (Å²) < 4.78 is 11.0. The van der Waals surface area contributed by atoms with Crippen molar-refractivity contribution in [3.63, 3.8) is 0 Å².